The van der Waals surface area contributed by atoms with Gasteiger partial charge in [-0.1, -0.05) is 0 Å². The first-order valence-corrected chi connectivity index (χ1v) is 6.65. The number of aromatic nitrogens is 3. The molecule has 2 heterocycles. The van der Waals surface area contributed by atoms with Crippen LogP contribution >= 0.6 is 11.3 Å². The molecule has 0 aliphatic carbocycles. The van der Waals surface area contributed by atoms with Crippen molar-refractivity contribution in [2.24, 2.45) is 7.05 Å². The molecule has 0 unspecified atom stereocenters. The fourth-order valence-electron chi connectivity index (χ4n) is 1.74. The van der Waals surface area contributed by atoms with Crippen molar-refractivity contribution in [3.63, 3.8) is 0 Å². The maximum atomic E-state index is 12.1. The van der Waals surface area contributed by atoms with Crippen molar-refractivity contribution in [2.45, 2.75) is 20.5 Å². The number of carbonyl (C=O) groups is 1. The first-order valence-electron chi connectivity index (χ1n) is 5.77. The summed E-state index contributed by atoms with van der Waals surface area (Å²) in [5.74, 6) is -0.224. The summed E-state index contributed by atoms with van der Waals surface area (Å²) in [7, 11) is 3.45. The van der Waals surface area contributed by atoms with E-state index in [1.807, 2.05) is 20.9 Å². The van der Waals surface area contributed by atoms with Gasteiger partial charge in [-0.05, 0) is 13.8 Å². The Kier molecular flexibility index (Phi) is 3.96. The third-order valence-electron chi connectivity index (χ3n) is 2.80. The minimum absolute atomic E-state index is 0.224. The van der Waals surface area contributed by atoms with Gasteiger partial charge < -0.3 is 10.1 Å². The summed E-state index contributed by atoms with van der Waals surface area (Å²) < 4.78 is 6.72. The molecule has 0 bridgehead atoms. The standard InChI is InChI=1S/C12H16N4O2S/c1-7-11(8(2)16(3)15-7)14-12(17)9-6-19-10(13-9)5-18-4/h6H,5H2,1-4H3,(H,14,17). The van der Waals surface area contributed by atoms with Crippen molar-refractivity contribution in [3.05, 3.63) is 27.5 Å². The van der Waals surface area contributed by atoms with Gasteiger partial charge in [-0.3, -0.25) is 9.48 Å². The number of anilines is 1. The van der Waals surface area contributed by atoms with Crippen molar-refractivity contribution in [3.8, 4) is 0 Å². The monoisotopic (exact) mass is 280 g/mol. The Morgan fingerprint density at radius 3 is 2.84 bits per heavy atom. The summed E-state index contributed by atoms with van der Waals surface area (Å²) >= 11 is 1.41. The molecule has 1 N–H and O–H groups in total. The first-order chi connectivity index (χ1) is 9.02. The molecule has 0 saturated heterocycles. The van der Waals surface area contributed by atoms with Crippen LogP contribution in [0, 0.1) is 13.8 Å². The van der Waals surface area contributed by atoms with Gasteiger partial charge in [0.2, 0.25) is 0 Å². The highest BCUT2D eigenvalue weighted by molar-refractivity contribution is 7.09. The van der Waals surface area contributed by atoms with Crippen molar-refractivity contribution in [2.75, 3.05) is 12.4 Å². The maximum absolute atomic E-state index is 12.1. The molecule has 2 rings (SSSR count). The van der Waals surface area contributed by atoms with Crippen LogP contribution in [0.4, 0.5) is 5.69 Å². The summed E-state index contributed by atoms with van der Waals surface area (Å²) in [5.41, 5.74) is 2.85. The van der Waals surface area contributed by atoms with Crippen LogP contribution < -0.4 is 5.32 Å². The van der Waals surface area contributed by atoms with Crippen LogP contribution in [0.5, 0.6) is 0 Å². The number of rotatable bonds is 4. The van der Waals surface area contributed by atoms with Crippen LogP contribution in [0.1, 0.15) is 26.9 Å². The zero-order valence-corrected chi connectivity index (χ0v) is 12.2. The quantitative estimate of drug-likeness (QED) is 0.928. The maximum Gasteiger partial charge on any atom is 0.275 e. The van der Waals surface area contributed by atoms with Crippen LogP contribution in [-0.2, 0) is 18.4 Å². The molecule has 102 valence electrons. The number of methoxy groups -OCH3 is 1. The van der Waals surface area contributed by atoms with Crippen molar-refractivity contribution in [1.29, 1.82) is 0 Å². The lowest BCUT2D eigenvalue weighted by atomic mass is 10.3. The lowest BCUT2D eigenvalue weighted by Gasteiger charge is -2.03. The average Bonchev–Trinajstić information content (AvgIpc) is 2.91. The van der Waals surface area contributed by atoms with E-state index >= 15 is 0 Å². The Morgan fingerprint density at radius 1 is 1.53 bits per heavy atom. The number of amides is 1. The number of hydrogen-bond donors (Lipinski definition) is 1. The second-order valence-electron chi connectivity index (χ2n) is 4.18. The molecule has 0 aliphatic rings. The molecule has 2 aromatic heterocycles. The lowest BCUT2D eigenvalue weighted by molar-refractivity contribution is 0.102. The number of aryl methyl sites for hydroxylation is 2. The van der Waals surface area contributed by atoms with Crippen molar-refractivity contribution < 1.29 is 9.53 Å². The molecule has 0 fully saturated rings. The number of carbonyl (C=O) groups excluding carboxylic acids is 1. The Balaban J connectivity index is 2.16. The molecule has 1 amide bonds. The largest absolute Gasteiger partial charge is 0.378 e. The highest BCUT2D eigenvalue weighted by atomic mass is 32.1. The van der Waals surface area contributed by atoms with E-state index in [0.717, 1.165) is 22.1 Å². The minimum Gasteiger partial charge on any atom is -0.378 e. The lowest BCUT2D eigenvalue weighted by Crippen LogP contribution is -2.13. The van der Waals surface area contributed by atoms with Crippen molar-refractivity contribution in [1.82, 2.24) is 14.8 Å². The molecule has 2 aromatic rings. The first kappa shape index (κ1) is 13.7. The summed E-state index contributed by atoms with van der Waals surface area (Å²) in [5, 5.41) is 9.62. The third-order valence-corrected chi connectivity index (χ3v) is 3.62. The van der Waals surface area contributed by atoms with E-state index in [9.17, 15) is 4.79 Å². The van der Waals surface area contributed by atoms with Gasteiger partial charge in [-0.25, -0.2) is 4.98 Å². The van der Waals surface area contributed by atoms with Crippen LogP contribution in [0.3, 0.4) is 0 Å². The summed E-state index contributed by atoms with van der Waals surface area (Å²) in [6.07, 6.45) is 0. The fourth-order valence-corrected chi connectivity index (χ4v) is 2.48. The van der Waals surface area contributed by atoms with Gasteiger partial charge in [0.25, 0.3) is 5.91 Å². The molecule has 0 spiro atoms. The molecular weight excluding hydrogens is 264 g/mol. The van der Waals surface area contributed by atoms with E-state index < -0.39 is 0 Å². The van der Waals surface area contributed by atoms with Crippen LogP contribution in [0.25, 0.3) is 0 Å². The summed E-state index contributed by atoms with van der Waals surface area (Å²) in [6.45, 7) is 4.19. The van der Waals surface area contributed by atoms with Crippen LogP contribution in [-0.4, -0.2) is 27.8 Å². The second kappa shape index (κ2) is 5.50. The Hall–Kier alpha value is -1.73. The average molecular weight is 280 g/mol. The van der Waals surface area contributed by atoms with E-state index in [0.29, 0.717) is 12.3 Å². The van der Waals surface area contributed by atoms with Crippen LogP contribution in [0.2, 0.25) is 0 Å². The molecule has 0 radical (unpaired) electrons. The van der Waals surface area contributed by atoms with E-state index in [1.54, 1.807) is 17.2 Å². The van der Waals surface area contributed by atoms with Crippen molar-refractivity contribution >= 4 is 22.9 Å². The fraction of sp³-hybridized carbons (Fsp3) is 0.417. The van der Waals surface area contributed by atoms with E-state index in [2.05, 4.69) is 15.4 Å². The van der Waals surface area contributed by atoms with Gasteiger partial charge >= 0.3 is 0 Å². The molecule has 6 nitrogen and oxygen atoms in total. The number of hydrogen-bond acceptors (Lipinski definition) is 5. The van der Waals surface area contributed by atoms with E-state index in [4.69, 9.17) is 4.74 Å². The summed E-state index contributed by atoms with van der Waals surface area (Å²) in [4.78, 5) is 16.3. The van der Waals surface area contributed by atoms with E-state index in [-0.39, 0.29) is 5.91 Å². The Labute approximate surface area is 115 Å². The molecule has 0 atom stereocenters. The Bertz CT molecular complexity index is 603. The SMILES string of the molecule is COCc1nc(C(=O)Nc2c(C)nn(C)c2C)cs1. The van der Waals surface area contributed by atoms with E-state index in [1.165, 1.54) is 11.3 Å². The molecular formula is C12H16N4O2S. The predicted molar refractivity (Wildman–Crippen MR) is 73.5 cm³/mol. The minimum atomic E-state index is -0.224. The zero-order valence-electron chi connectivity index (χ0n) is 11.4. The second-order valence-corrected chi connectivity index (χ2v) is 5.13. The molecule has 0 aliphatic heterocycles. The van der Waals surface area contributed by atoms with Gasteiger partial charge in [-0.2, -0.15) is 5.10 Å². The van der Waals surface area contributed by atoms with Gasteiger partial charge in [0.1, 0.15) is 10.7 Å². The zero-order chi connectivity index (χ0) is 14.0. The normalized spacial score (nSPS) is 10.7. The molecule has 0 saturated carbocycles. The van der Waals surface area contributed by atoms with Gasteiger partial charge in [0.05, 0.1) is 23.7 Å². The molecule has 0 aromatic carbocycles. The topological polar surface area (TPSA) is 69.0 Å². The number of nitrogens with one attached hydrogen (secondary N) is 1. The summed E-state index contributed by atoms with van der Waals surface area (Å²) in [6, 6.07) is 0. The predicted octanol–water partition coefficient (Wildman–Crippen LogP) is 1.89. The molecule has 19 heavy (non-hydrogen) atoms. The van der Waals surface area contributed by atoms with Gasteiger partial charge in [0, 0.05) is 19.5 Å². The molecule has 7 heteroatoms. The highest BCUT2D eigenvalue weighted by Crippen LogP contribution is 2.20. The smallest absolute Gasteiger partial charge is 0.275 e. The van der Waals surface area contributed by atoms with Crippen LogP contribution in [0.15, 0.2) is 5.38 Å². The van der Waals surface area contributed by atoms with Gasteiger partial charge in [-0.15, -0.1) is 11.3 Å². The number of ether oxygens (including phenoxy) is 1. The highest BCUT2D eigenvalue weighted by Gasteiger charge is 2.16. The number of nitrogens with zero attached hydrogens (tertiary/aromatic N) is 3. The third kappa shape index (κ3) is 2.82. The Morgan fingerprint density at radius 2 is 2.26 bits per heavy atom. The number of thiazole rings is 1. The van der Waals surface area contributed by atoms with Gasteiger partial charge in [0.15, 0.2) is 0 Å².